The van der Waals surface area contributed by atoms with Gasteiger partial charge in [-0.2, -0.15) is 0 Å². The second kappa shape index (κ2) is 9.68. The van der Waals surface area contributed by atoms with Crippen LogP contribution in [0.4, 0.5) is 5.82 Å². The summed E-state index contributed by atoms with van der Waals surface area (Å²) in [5.41, 5.74) is 7.52. The molecule has 0 bridgehead atoms. The number of hydrogen-bond donors (Lipinski definition) is 1. The Morgan fingerprint density at radius 3 is 2.91 bits per heavy atom. The number of rotatable bonds is 7. The highest BCUT2D eigenvalue weighted by Crippen LogP contribution is 2.26. The predicted octanol–water partition coefficient (Wildman–Crippen LogP) is 2.19. The molecule has 1 saturated heterocycles. The standard InChI is InChI=1S/C21H22ClN5O4S/c1-30-9-17-21(29)26(8-13-2-3-15-16(6-13)24-12-25-20(15)23)4-5-27(17)19(28)10-31-14-7-18(22)32-11-14/h2-3,6-7,11-12,17H,4-5,8-10H2,1H3,(H2,23,24,25). The van der Waals surface area contributed by atoms with Crippen LogP contribution in [0.25, 0.3) is 10.9 Å². The molecule has 1 atom stereocenters. The van der Waals surface area contributed by atoms with Crippen LogP contribution in [0.3, 0.4) is 0 Å². The van der Waals surface area contributed by atoms with Gasteiger partial charge in [-0.15, -0.1) is 11.3 Å². The third-order valence-electron chi connectivity index (χ3n) is 5.24. The van der Waals surface area contributed by atoms with Crippen molar-refractivity contribution < 1.29 is 19.1 Å². The van der Waals surface area contributed by atoms with E-state index in [0.717, 1.165) is 16.5 Å². The van der Waals surface area contributed by atoms with Gasteiger partial charge in [-0.05, 0) is 17.7 Å². The van der Waals surface area contributed by atoms with E-state index in [-0.39, 0.29) is 25.0 Å². The first-order chi connectivity index (χ1) is 15.5. The number of ether oxygens (including phenoxy) is 2. The molecule has 2 N–H and O–H groups in total. The quantitative estimate of drug-likeness (QED) is 0.557. The Hall–Kier alpha value is -2.95. The summed E-state index contributed by atoms with van der Waals surface area (Å²) in [6, 6.07) is 6.58. The number of halogens is 1. The van der Waals surface area contributed by atoms with Gasteiger partial charge in [-0.25, -0.2) is 9.97 Å². The van der Waals surface area contributed by atoms with Crippen LogP contribution >= 0.6 is 22.9 Å². The van der Waals surface area contributed by atoms with Gasteiger partial charge in [-0.1, -0.05) is 17.7 Å². The summed E-state index contributed by atoms with van der Waals surface area (Å²) in [6.45, 7) is 1.11. The van der Waals surface area contributed by atoms with Crippen molar-refractivity contribution in [3.63, 3.8) is 0 Å². The number of thiophene rings is 1. The summed E-state index contributed by atoms with van der Waals surface area (Å²) in [5.74, 6) is 0.492. The molecule has 11 heteroatoms. The second-order valence-electron chi connectivity index (χ2n) is 7.30. The minimum atomic E-state index is -0.714. The van der Waals surface area contributed by atoms with Crippen LogP contribution in [-0.4, -0.2) is 71.0 Å². The maximum atomic E-state index is 13.2. The van der Waals surface area contributed by atoms with Crippen molar-refractivity contribution in [1.82, 2.24) is 19.8 Å². The van der Waals surface area contributed by atoms with Gasteiger partial charge in [-0.3, -0.25) is 9.59 Å². The molecule has 3 aromatic rings. The molecular formula is C21H22ClN5O4S. The van der Waals surface area contributed by atoms with Crippen LogP contribution in [-0.2, 0) is 20.9 Å². The Morgan fingerprint density at radius 1 is 1.31 bits per heavy atom. The van der Waals surface area contributed by atoms with Gasteiger partial charge in [0.05, 0.1) is 16.5 Å². The molecule has 9 nitrogen and oxygen atoms in total. The lowest BCUT2D eigenvalue weighted by molar-refractivity contribution is -0.155. The van der Waals surface area contributed by atoms with Crippen molar-refractivity contribution in [2.75, 3.05) is 39.1 Å². The minimum absolute atomic E-state index is 0.104. The van der Waals surface area contributed by atoms with Gasteiger partial charge in [0.1, 0.15) is 23.9 Å². The number of nitrogen functional groups attached to an aromatic ring is 1. The topological polar surface area (TPSA) is 111 Å². The van der Waals surface area contributed by atoms with Gasteiger partial charge in [0.25, 0.3) is 5.91 Å². The van der Waals surface area contributed by atoms with Crippen molar-refractivity contribution in [3.05, 3.63) is 45.9 Å². The average molecular weight is 476 g/mol. The number of anilines is 1. The summed E-state index contributed by atoms with van der Waals surface area (Å²) in [4.78, 5) is 37.4. The van der Waals surface area contributed by atoms with Crippen molar-refractivity contribution in [1.29, 1.82) is 0 Å². The number of amides is 2. The van der Waals surface area contributed by atoms with Crippen LogP contribution in [0.15, 0.2) is 36.0 Å². The average Bonchev–Trinajstić information content (AvgIpc) is 3.20. The number of carbonyl (C=O) groups excluding carboxylic acids is 2. The van der Waals surface area contributed by atoms with E-state index in [4.69, 9.17) is 26.8 Å². The first-order valence-electron chi connectivity index (χ1n) is 9.89. The molecule has 1 aromatic carbocycles. The number of nitrogens with zero attached hydrogens (tertiary/aromatic N) is 4. The fraction of sp³-hybridized carbons (Fsp3) is 0.333. The summed E-state index contributed by atoms with van der Waals surface area (Å²) < 4.78 is 11.3. The molecule has 1 aliphatic rings. The fourth-order valence-electron chi connectivity index (χ4n) is 3.65. The molecule has 0 radical (unpaired) electrons. The monoisotopic (exact) mass is 475 g/mol. The van der Waals surface area contributed by atoms with E-state index in [0.29, 0.717) is 35.5 Å². The molecular weight excluding hydrogens is 454 g/mol. The lowest BCUT2D eigenvalue weighted by Gasteiger charge is -2.40. The third kappa shape index (κ3) is 4.77. The number of piperazine rings is 1. The summed E-state index contributed by atoms with van der Waals surface area (Å²) in [7, 11) is 1.51. The first-order valence-corrected chi connectivity index (χ1v) is 11.1. The highest BCUT2D eigenvalue weighted by atomic mass is 35.5. The fourth-order valence-corrected chi connectivity index (χ4v) is 4.44. The molecule has 1 fully saturated rings. The number of aromatic nitrogens is 2. The van der Waals surface area contributed by atoms with Crippen molar-refractivity contribution in [2.24, 2.45) is 0 Å². The van der Waals surface area contributed by atoms with Crippen LogP contribution in [0.2, 0.25) is 4.34 Å². The number of fused-ring (bicyclic) bond motifs is 1. The second-order valence-corrected chi connectivity index (χ2v) is 8.85. The first kappa shape index (κ1) is 22.3. The van der Waals surface area contributed by atoms with Crippen molar-refractivity contribution in [2.45, 2.75) is 12.6 Å². The Bertz CT molecular complexity index is 1140. The molecule has 2 amide bonds. The molecule has 168 valence electrons. The van der Waals surface area contributed by atoms with Gasteiger partial charge in [0, 0.05) is 43.6 Å². The zero-order valence-electron chi connectivity index (χ0n) is 17.4. The van der Waals surface area contributed by atoms with E-state index in [1.165, 1.54) is 29.7 Å². The van der Waals surface area contributed by atoms with E-state index < -0.39 is 6.04 Å². The Balaban J connectivity index is 1.44. The summed E-state index contributed by atoms with van der Waals surface area (Å²) >= 11 is 7.22. The maximum absolute atomic E-state index is 13.2. The predicted molar refractivity (Wildman–Crippen MR) is 122 cm³/mol. The van der Waals surface area contributed by atoms with Crippen molar-refractivity contribution >= 4 is 51.5 Å². The van der Waals surface area contributed by atoms with Crippen LogP contribution < -0.4 is 10.5 Å². The molecule has 0 saturated carbocycles. The number of methoxy groups -OCH3 is 1. The molecule has 1 unspecified atom stereocenters. The molecule has 3 heterocycles. The molecule has 0 spiro atoms. The van der Waals surface area contributed by atoms with E-state index in [2.05, 4.69) is 9.97 Å². The Morgan fingerprint density at radius 2 is 2.16 bits per heavy atom. The number of benzene rings is 1. The van der Waals surface area contributed by atoms with E-state index >= 15 is 0 Å². The van der Waals surface area contributed by atoms with Gasteiger partial charge in [0.2, 0.25) is 5.91 Å². The largest absolute Gasteiger partial charge is 0.483 e. The molecule has 32 heavy (non-hydrogen) atoms. The number of nitrogens with two attached hydrogens (primary N) is 1. The highest BCUT2D eigenvalue weighted by Gasteiger charge is 2.37. The van der Waals surface area contributed by atoms with Gasteiger partial charge in [0.15, 0.2) is 6.61 Å². The maximum Gasteiger partial charge on any atom is 0.261 e. The van der Waals surface area contributed by atoms with E-state index in [1.54, 1.807) is 16.3 Å². The number of hydrogen-bond acceptors (Lipinski definition) is 8. The van der Waals surface area contributed by atoms with Crippen LogP contribution in [0.1, 0.15) is 5.56 Å². The van der Waals surface area contributed by atoms with Crippen LogP contribution in [0, 0.1) is 0 Å². The minimum Gasteiger partial charge on any atom is -0.483 e. The molecule has 0 aliphatic carbocycles. The van der Waals surface area contributed by atoms with Crippen molar-refractivity contribution in [3.8, 4) is 5.75 Å². The zero-order chi connectivity index (χ0) is 22.7. The molecule has 2 aromatic heterocycles. The highest BCUT2D eigenvalue weighted by molar-refractivity contribution is 7.14. The number of carbonyl (C=O) groups is 2. The van der Waals surface area contributed by atoms with Crippen LogP contribution in [0.5, 0.6) is 5.75 Å². The smallest absolute Gasteiger partial charge is 0.261 e. The molecule has 1 aliphatic heterocycles. The lowest BCUT2D eigenvalue weighted by atomic mass is 10.1. The summed E-state index contributed by atoms with van der Waals surface area (Å²) in [6.07, 6.45) is 1.41. The lowest BCUT2D eigenvalue weighted by Crippen LogP contribution is -2.60. The van der Waals surface area contributed by atoms with Gasteiger partial charge >= 0.3 is 0 Å². The van der Waals surface area contributed by atoms with Gasteiger partial charge < -0.3 is 25.0 Å². The Kier molecular flexibility index (Phi) is 6.73. The normalized spacial score (nSPS) is 16.6. The molecule has 4 rings (SSSR count). The summed E-state index contributed by atoms with van der Waals surface area (Å²) in [5, 5.41) is 2.50. The zero-order valence-corrected chi connectivity index (χ0v) is 18.9. The van der Waals surface area contributed by atoms with E-state index in [1.807, 2.05) is 18.2 Å². The SMILES string of the molecule is COCC1C(=O)N(Cc2ccc3c(N)ncnc3c2)CCN1C(=O)COc1csc(Cl)c1. The Labute approximate surface area is 193 Å². The van der Waals surface area contributed by atoms with E-state index in [9.17, 15) is 9.59 Å². The third-order valence-corrected chi connectivity index (χ3v) is 6.31.